The highest BCUT2D eigenvalue weighted by Gasteiger charge is 2.27. The standard InChI is InChI=1S/C6H8BrN3O/c7-5-3-11-4-6(5)10-2-1-8-9-10/h1-2,5-6H,3-4H2. The number of alkyl halides is 1. The largest absolute Gasteiger partial charge is 0.378 e. The van der Waals surface area contributed by atoms with E-state index in [1.54, 1.807) is 6.20 Å². The first-order chi connectivity index (χ1) is 5.38. The van der Waals surface area contributed by atoms with E-state index in [4.69, 9.17) is 4.74 Å². The van der Waals surface area contributed by atoms with E-state index in [-0.39, 0.29) is 0 Å². The van der Waals surface area contributed by atoms with E-state index in [0.717, 1.165) is 13.2 Å². The summed E-state index contributed by atoms with van der Waals surface area (Å²) in [6, 6.07) is 0.303. The third-order valence-corrected chi connectivity index (χ3v) is 2.64. The highest BCUT2D eigenvalue weighted by Crippen LogP contribution is 2.24. The van der Waals surface area contributed by atoms with Crippen molar-refractivity contribution < 1.29 is 4.74 Å². The second-order valence-corrected chi connectivity index (χ2v) is 3.68. The first-order valence-corrected chi connectivity index (χ1v) is 4.37. The number of ether oxygens (including phenoxy) is 1. The Hall–Kier alpha value is -0.420. The monoisotopic (exact) mass is 217 g/mol. The Labute approximate surface area is 72.7 Å². The number of hydrogen-bond donors (Lipinski definition) is 0. The van der Waals surface area contributed by atoms with Crippen molar-refractivity contribution in [2.45, 2.75) is 10.9 Å². The normalized spacial score (nSPS) is 31.0. The molecule has 1 aromatic heterocycles. The lowest BCUT2D eigenvalue weighted by molar-refractivity contribution is 0.184. The van der Waals surface area contributed by atoms with Gasteiger partial charge in [-0.15, -0.1) is 5.10 Å². The molecule has 5 heteroatoms. The molecule has 2 rings (SSSR count). The molecule has 11 heavy (non-hydrogen) atoms. The van der Waals surface area contributed by atoms with Crippen LogP contribution in [-0.4, -0.2) is 33.0 Å². The van der Waals surface area contributed by atoms with Crippen molar-refractivity contribution in [1.82, 2.24) is 15.0 Å². The summed E-state index contributed by atoms with van der Waals surface area (Å²) in [6.45, 7) is 1.48. The summed E-state index contributed by atoms with van der Waals surface area (Å²) in [6.07, 6.45) is 3.53. The lowest BCUT2D eigenvalue weighted by Crippen LogP contribution is -2.17. The lowest BCUT2D eigenvalue weighted by atomic mass is 10.3. The molecule has 60 valence electrons. The number of aromatic nitrogens is 3. The van der Waals surface area contributed by atoms with E-state index < -0.39 is 0 Å². The van der Waals surface area contributed by atoms with Crippen LogP contribution in [0.5, 0.6) is 0 Å². The van der Waals surface area contributed by atoms with Crippen molar-refractivity contribution in [3.05, 3.63) is 12.4 Å². The molecule has 4 nitrogen and oxygen atoms in total. The molecule has 1 aromatic rings. The second kappa shape index (κ2) is 2.91. The molecular formula is C6H8BrN3O. The zero-order valence-corrected chi connectivity index (χ0v) is 7.44. The van der Waals surface area contributed by atoms with Gasteiger partial charge in [-0.05, 0) is 0 Å². The lowest BCUT2D eigenvalue weighted by Gasteiger charge is -2.10. The molecule has 2 heterocycles. The molecule has 0 amide bonds. The third-order valence-electron chi connectivity index (χ3n) is 1.76. The molecule has 0 spiro atoms. The van der Waals surface area contributed by atoms with Crippen LogP contribution < -0.4 is 0 Å². The Morgan fingerprint density at radius 2 is 2.45 bits per heavy atom. The van der Waals surface area contributed by atoms with Gasteiger partial charge < -0.3 is 4.74 Å². The highest BCUT2D eigenvalue weighted by atomic mass is 79.9. The molecule has 0 radical (unpaired) electrons. The van der Waals surface area contributed by atoms with Crippen LogP contribution in [0.3, 0.4) is 0 Å². The summed E-state index contributed by atoms with van der Waals surface area (Å²) in [5, 5.41) is 7.64. The van der Waals surface area contributed by atoms with Crippen molar-refractivity contribution in [2.75, 3.05) is 13.2 Å². The van der Waals surface area contributed by atoms with Crippen LogP contribution in [0.4, 0.5) is 0 Å². The summed E-state index contributed by atoms with van der Waals surface area (Å²) in [4.78, 5) is 0.365. The molecule has 2 atom stereocenters. The Morgan fingerprint density at radius 1 is 1.55 bits per heavy atom. The minimum Gasteiger partial charge on any atom is -0.378 e. The minimum absolute atomic E-state index is 0.303. The Bertz CT molecular complexity index is 226. The molecule has 0 bridgehead atoms. The maximum absolute atomic E-state index is 5.26. The quantitative estimate of drug-likeness (QED) is 0.648. The van der Waals surface area contributed by atoms with E-state index in [1.165, 1.54) is 0 Å². The van der Waals surface area contributed by atoms with Crippen LogP contribution in [0.25, 0.3) is 0 Å². The fraction of sp³-hybridized carbons (Fsp3) is 0.667. The van der Waals surface area contributed by atoms with Crippen LogP contribution in [0.1, 0.15) is 6.04 Å². The smallest absolute Gasteiger partial charge is 0.0917 e. The van der Waals surface area contributed by atoms with Crippen molar-refractivity contribution in [3.63, 3.8) is 0 Å². The maximum Gasteiger partial charge on any atom is 0.0917 e. The van der Waals surface area contributed by atoms with Crippen LogP contribution in [0.2, 0.25) is 0 Å². The first kappa shape index (κ1) is 7.24. The van der Waals surface area contributed by atoms with Crippen LogP contribution in [0.15, 0.2) is 12.4 Å². The van der Waals surface area contributed by atoms with Crippen molar-refractivity contribution in [2.24, 2.45) is 0 Å². The fourth-order valence-corrected chi connectivity index (χ4v) is 1.73. The van der Waals surface area contributed by atoms with Gasteiger partial charge in [-0.25, -0.2) is 4.68 Å². The van der Waals surface area contributed by atoms with Gasteiger partial charge in [0.1, 0.15) is 0 Å². The van der Waals surface area contributed by atoms with E-state index in [1.807, 2.05) is 10.9 Å². The van der Waals surface area contributed by atoms with Crippen molar-refractivity contribution in [3.8, 4) is 0 Å². The fourth-order valence-electron chi connectivity index (χ4n) is 1.15. The Balaban J connectivity index is 2.16. The van der Waals surface area contributed by atoms with Gasteiger partial charge in [-0.3, -0.25) is 0 Å². The summed E-state index contributed by atoms with van der Waals surface area (Å²) in [5.41, 5.74) is 0. The molecule has 0 saturated carbocycles. The summed E-state index contributed by atoms with van der Waals surface area (Å²) in [5.74, 6) is 0. The van der Waals surface area contributed by atoms with Gasteiger partial charge in [0.25, 0.3) is 0 Å². The molecule has 0 aromatic carbocycles. The van der Waals surface area contributed by atoms with Crippen LogP contribution in [0, 0.1) is 0 Å². The molecule has 2 unspecified atom stereocenters. The number of hydrogen-bond acceptors (Lipinski definition) is 3. The zero-order valence-electron chi connectivity index (χ0n) is 5.85. The SMILES string of the molecule is BrC1COCC1n1ccnn1. The summed E-state index contributed by atoms with van der Waals surface area (Å²) < 4.78 is 7.08. The van der Waals surface area contributed by atoms with Crippen molar-refractivity contribution >= 4 is 15.9 Å². The van der Waals surface area contributed by atoms with Gasteiger partial charge in [-0.1, -0.05) is 21.1 Å². The predicted octanol–water partition coefficient (Wildman–Crippen LogP) is 0.613. The Kier molecular flexibility index (Phi) is 1.91. The topological polar surface area (TPSA) is 39.9 Å². The first-order valence-electron chi connectivity index (χ1n) is 3.45. The van der Waals surface area contributed by atoms with E-state index in [0.29, 0.717) is 10.9 Å². The highest BCUT2D eigenvalue weighted by molar-refractivity contribution is 9.09. The van der Waals surface area contributed by atoms with Gasteiger partial charge in [0, 0.05) is 6.20 Å². The van der Waals surface area contributed by atoms with Crippen LogP contribution in [-0.2, 0) is 4.74 Å². The molecule has 1 fully saturated rings. The average molecular weight is 218 g/mol. The van der Waals surface area contributed by atoms with Gasteiger partial charge in [-0.2, -0.15) is 0 Å². The Morgan fingerprint density at radius 3 is 3.00 bits per heavy atom. The van der Waals surface area contributed by atoms with Gasteiger partial charge in [0.15, 0.2) is 0 Å². The zero-order chi connectivity index (χ0) is 7.68. The van der Waals surface area contributed by atoms with E-state index in [9.17, 15) is 0 Å². The average Bonchev–Trinajstić information content (AvgIpc) is 2.55. The molecule has 1 saturated heterocycles. The van der Waals surface area contributed by atoms with Crippen molar-refractivity contribution in [1.29, 1.82) is 0 Å². The molecular weight excluding hydrogens is 210 g/mol. The predicted molar refractivity (Wildman–Crippen MR) is 42.6 cm³/mol. The van der Waals surface area contributed by atoms with Gasteiger partial charge >= 0.3 is 0 Å². The number of nitrogens with zero attached hydrogens (tertiary/aromatic N) is 3. The number of halogens is 1. The molecule has 0 aliphatic carbocycles. The summed E-state index contributed by atoms with van der Waals surface area (Å²) >= 11 is 3.51. The maximum atomic E-state index is 5.26. The molecule has 1 aliphatic rings. The molecule has 1 aliphatic heterocycles. The van der Waals surface area contributed by atoms with Gasteiger partial charge in [0.05, 0.1) is 30.3 Å². The third kappa shape index (κ3) is 1.30. The summed E-state index contributed by atoms with van der Waals surface area (Å²) in [7, 11) is 0. The molecule has 0 N–H and O–H groups in total. The van der Waals surface area contributed by atoms with E-state index in [2.05, 4.69) is 26.2 Å². The minimum atomic E-state index is 0.303. The van der Waals surface area contributed by atoms with Gasteiger partial charge in [0.2, 0.25) is 0 Å². The number of rotatable bonds is 1. The van der Waals surface area contributed by atoms with Crippen LogP contribution >= 0.6 is 15.9 Å². The van der Waals surface area contributed by atoms with E-state index >= 15 is 0 Å². The second-order valence-electron chi connectivity index (χ2n) is 2.50.